The Morgan fingerprint density at radius 1 is 1.14 bits per heavy atom. The fourth-order valence-corrected chi connectivity index (χ4v) is 2.83. The summed E-state index contributed by atoms with van der Waals surface area (Å²) in [6, 6.07) is 5.64. The SMILES string of the molecule is CCCc1cc[n+](-c2cc(C(=O)O)cc(C)c2C)c(C)c1C. The van der Waals surface area contributed by atoms with Gasteiger partial charge in [-0.15, -0.1) is 0 Å². The highest BCUT2D eigenvalue weighted by atomic mass is 16.4. The van der Waals surface area contributed by atoms with E-state index < -0.39 is 5.97 Å². The van der Waals surface area contributed by atoms with Gasteiger partial charge >= 0.3 is 5.97 Å². The first kappa shape index (κ1) is 16.2. The summed E-state index contributed by atoms with van der Waals surface area (Å²) in [6.07, 6.45) is 4.25. The second-order valence-electron chi connectivity index (χ2n) is 5.91. The predicted molar refractivity (Wildman–Crippen MR) is 87.9 cm³/mol. The van der Waals surface area contributed by atoms with E-state index in [0.717, 1.165) is 35.3 Å². The van der Waals surface area contributed by atoms with Gasteiger partial charge in [-0.1, -0.05) is 13.3 Å². The summed E-state index contributed by atoms with van der Waals surface area (Å²) in [4.78, 5) is 11.3. The number of nitrogens with zero attached hydrogens (tertiary/aromatic N) is 1. The zero-order chi connectivity index (χ0) is 16.4. The van der Waals surface area contributed by atoms with Crippen molar-refractivity contribution in [2.75, 3.05) is 0 Å². The minimum absolute atomic E-state index is 0.334. The molecule has 0 aliphatic carbocycles. The van der Waals surface area contributed by atoms with Crippen LogP contribution in [0, 0.1) is 27.7 Å². The van der Waals surface area contributed by atoms with E-state index in [-0.39, 0.29) is 0 Å². The van der Waals surface area contributed by atoms with Gasteiger partial charge in [0, 0.05) is 30.2 Å². The maximum atomic E-state index is 11.3. The van der Waals surface area contributed by atoms with Gasteiger partial charge in [-0.3, -0.25) is 0 Å². The monoisotopic (exact) mass is 298 g/mol. The minimum Gasteiger partial charge on any atom is -0.478 e. The fourth-order valence-electron chi connectivity index (χ4n) is 2.83. The molecule has 0 radical (unpaired) electrons. The van der Waals surface area contributed by atoms with Crippen LogP contribution in [-0.4, -0.2) is 11.1 Å². The summed E-state index contributed by atoms with van der Waals surface area (Å²) in [7, 11) is 0. The Balaban J connectivity index is 2.66. The molecule has 0 fully saturated rings. The van der Waals surface area contributed by atoms with Gasteiger partial charge in [-0.05, 0) is 44.4 Å². The molecule has 2 aromatic rings. The van der Waals surface area contributed by atoms with Crippen molar-refractivity contribution in [1.29, 1.82) is 0 Å². The van der Waals surface area contributed by atoms with E-state index in [2.05, 4.69) is 37.6 Å². The topological polar surface area (TPSA) is 41.2 Å². The lowest BCUT2D eigenvalue weighted by molar-refractivity contribution is -0.603. The second-order valence-corrected chi connectivity index (χ2v) is 5.91. The summed E-state index contributed by atoms with van der Waals surface area (Å²) in [5.74, 6) is -0.887. The molecule has 116 valence electrons. The Bertz CT molecular complexity index is 733. The molecule has 0 aliphatic rings. The van der Waals surface area contributed by atoms with Crippen molar-refractivity contribution >= 4 is 5.97 Å². The highest BCUT2D eigenvalue weighted by molar-refractivity contribution is 5.88. The molecule has 0 unspecified atom stereocenters. The quantitative estimate of drug-likeness (QED) is 0.871. The number of aromatic nitrogens is 1. The van der Waals surface area contributed by atoms with E-state index in [1.54, 1.807) is 12.1 Å². The lowest BCUT2D eigenvalue weighted by atomic mass is 10.0. The van der Waals surface area contributed by atoms with Gasteiger partial charge in [0.25, 0.3) is 0 Å². The van der Waals surface area contributed by atoms with Crippen LogP contribution in [0.3, 0.4) is 0 Å². The maximum absolute atomic E-state index is 11.3. The highest BCUT2D eigenvalue weighted by Crippen LogP contribution is 2.19. The van der Waals surface area contributed by atoms with E-state index in [4.69, 9.17) is 0 Å². The van der Waals surface area contributed by atoms with Crippen LogP contribution >= 0.6 is 0 Å². The van der Waals surface area contributed by atoms with Gasteiger partial charge in [-0.25, -0.2) is 4.79 Å². The van der Waals surface area contributed by atoms with Gasteiger partial charge in [0.1, 0.15) is 0 Å². The fraction of sp³-hybridized carbons (Fsp3) is 0.368. The molecule has 0 saturated carbocycles. The number of hydrogen-bond acceptors (Lipinski definition) is 1. The van der Waals surface area contributed by atoms with Crippen LogP contribution in [0.2, 0.25) is 0 Å². The van der Waals surface area contributed by atoms with Crippen molar-refractivity contribution in [3.05, 3.63) is 57.9 Å². The Morgan fingerprint density at radius 3 is 2.41 bits per heavy atom. The first-order valence-corrected chi connectivity index (χ1v) is 7.72. The van der Waals surface area contributed by atoms with Crippen molar-refractivity contribution in [3.8, 4) is 5.69 Å². The molecule has 0 saturated heterocycles. The van der Waals surface area contributed by atoms with Crippen LogP contribution in [0.4, 0.5) is 0 Å². The van der Waals surface area contributed by atoms with Gasteiger partial charge in [-0.2, -0.15) is 4.57 Å². The zero-order valence-electron chi connectivity index (χ0n) is 14.0. The smallest absolute Gasteiger partial charge is 0.335 e. The van der Waals surface area contributed by atoms with E-state index in [1.807, 2.05) is 13.8 Å². The minimum atomic E-state index is -0.887. The molecule has 1 aromatic heterocycles. The molecule has 0 atom stereocenters. The molecule has 0 spiro atoms. The van der Waals surface area contributed by atoms with Crippen molar-refractivity contribution in [2.24, 2.45) is 0 Å². The van der Waals surface area contributed by atoms with E-state index in [9.17, 15) is 9.90 Å². The molecule has 3 heteroatoms. The second kappa shape index (κ2) is 6.30. The maximum Gasteiger partial charge on any atom is 0.335 e. The van der Waals surface area contributed by atoms with E-state index in [0.29, 0.717) is 5.56 Å². The molecular weight excluding hydrogens is 274 g/mol. The van der Waals surface area contributed by atoms with Crippen molar-refractivity contribution in [2.45, 2.75) is 47.5 Å². The molecule has 0 amide bonds. The molecule has 3 nitrogen and oxygen atoms in total. The van der Waals surface area contributed by atoms with Gasteiger partial charge in [0.2, 0.25) is 5.69 Å². The Hall–Kier alpha value is -2.16. The summed E-state index contributed by atoms with van der Waals surface area (Å²) >= 11 is 0. The van der Waals surface area contributed by atoms with Gasteiger partial charge in [0.05, 0.1) is 5.56 Å². The number of rotatable bonds is 4. The Kier molecular flexibility index (Phi) is 4.65. The van der Waals surface area contributed by atoms with Crippen molar-refractivity contribution in [1.82, 2.24) is 0 Å². The summed E-state index contributed by atoms with van der Waals surface area (Å²) in [5, 5.41) is 9.30. The first-order chi connectivity index (χ1) is 10.4. The van der Waals surface area contributed by atoms with Crippen LogP contribution in [0.15, 0.2) is 24.4 Å². The number of carboxylic acids is 1. The molecule has 1 heterocycles. The molecule has 0 aliphatic heterocycles. The number of aryl methyl sites for hydroxylation is 2. The number of pyridine rings is 1. The van der Waals surface area contributed by atoms with E-state index >= 15 is 0 Å². The van der Waals surface area contributed by atoms with Gasteiger partial charge < -0.3 is 5.11 Å². The van der Waals surface area contributed by atoms with E-state index in [1.165, 1.54) is 11.1 Å². The predicted octanol–water partition coefficient (Wildman–Crippen LogP) is 3.85. The third-order valence-corrected chi connectivity index (χ3v) is 4.48. The molecular formula is C19H24NO2+. The van der Waals surface area contributed by atoms with Crippen LogP contribution in [-0.2, 0) is 6.42 Å². The number of benzene rings is 1. The summed E-state index contributed by atoms with van der Waals surface area (Å²) < 4.78 is 2.10. The summed E-state index contributed by atoms with van der Waals surface area (Å²) in [5.41, 5.74) is 7.19. The normalized spacial score (nSPS) is 10.8. The molecule has 2 rings (SSSR count). The lowest BCUT2D eigenvalue weighted by Gasteiger charge is -2.11. The lowest BCUT2D eigenvalue weighted by Crippen LogP contribution is -2.36. The van der Waals surface area contributed by atoms with Crippen LogP contribution in [0.5, 0.6) is 0 Å². The third-order valence-electron chi connectivity index (χ3n) is 4.48. The average molecular weight is 298 g/mol. The standard InChI is InChI=1S/C19H23NO2/c1-6-7-16-8-9-20(15(5)14(16)4)18-11-17(19(21)22)10-12(2)13(18)3/h8-11H,6-7H2,1-5H3/p+1. The summed E-state index contributed by atoms with van der Waals surface area (Å²) in [6.45, 7) is 10.4. The number of hydrogen-bond donors (Lipinski definition) is 1. The van der Waals surface area contributed by atoms with Crippen molar-refractivity contribution in [3.63, 3.8) is 0 Å². The molecule has 22 heavy (non-hydrogen) atoms. The number of aromatic carboxylic acids is 1. The zero-order valence-corrected chi connectivity index (χ0v) is 14.0. The number of carbonyl (C=O) groups is 1. The van der Waals surface area contributed by atoms with Crippen LogP contribution in [0.25, 0.3) is 5.69 Å². The molecule has 0 bridgehead atoms. The molecule has 1 aromatic carbocycles. The average Bonchev–Trinajstić information content (AvgIpc) is 2.47. The molecule has 1 N–H and O–H groups in total. The van der Waals surface area contributed by atoms with Crippen molar-refractivity contribution < 1.29 is 14.5 Å². The Morgan fingerprint density at radius 2 is 1.82 bits per heavy atom. The third kappa shape index (κ3) is 2.89. The van der Waals surface area contributed by atoms with Gasteiger partial charge in [0.15, 0.2) is 11.9 Å². The van der Waals surface area contributed by atoms with Crippen LogP contribution in [0.1, 0.15) is 51.7 Å². The largest absolute Gasteiger partial charge is 0.478 e. The Labute approximate surface area is 132 Å². The number of carboxylic acid groups (broad SMARTS) is 1. The highest BCUT2D eigenvalue weighted by Gasteiger charge is 2.20. The van der Waals surface area contributed by atoms with Crippen LogP contribution < -0.4 is 4.57 Å². The first-order valence-electron chi connectivity index (χ1n) is 7.72.